The molecule has 3 nitrogen and oxygen atoms in total. The number of halogens is 1. The molecule has 0 aliphatic carbocycles. The van der Waals surface area contributed by atoms with Crippen LogP contribution in [0.25, 0.3) is 0 Å². The maximum Gasteiger partial charge on any atom is 0.325 e. The minimum Gasteiger partial charge on any atom is -0.311 e. The van der Waals surface area contributed by atoms with Crippen molar-refractivity contribution in [1.29, 1.82) is 0 Å². The molecule has 10 heavy (non-hydrogen) atoms. The molecule has 0 spiro atoms. The van der Waals surface area contributed by atoms with Gasteiger partial charge in [0.15, 0.2) is 5.83 Å². The number of hydrogen-bond donors (Lipinski definition) is 1. The Kier molecular flexibility index (Phi) is 1.45. The minimum absolute atomic E-state index is 0.0868. The van der Waals surface area contributed by atoms with Gasteiger partial charge in [0, 0.05) is 13.2 Å². The van der Waals surface area contributed by atoms with Gasteiger partial charge in [0.2, 0.25) is 0 Å². The molecule has 0 fully saturated rings. The molecule has 0 aromatic rings. The number of allylic oxidation sites excluding steroid dienone is 1. The van der Waals surface area contributed by atoms with Crippen molar-refractivity contribution in [2.24, 2.45) is 0 Å². The van der Waals surface area contributed by atoms with Crippen LogP contribution in [0.4, 0.5) is 9.18 Å². The fourth-order valence-corrected chi connectivity index (χ4v) is 0.588. The lowest BCUT2D eigenvalue weighted by Crippen LogP contribution is -2.37. The number of carbonyl (C=O) groups is 1. The number of nitrogens with one attached hydrogen (secondary N) is 1. The molecule has 0 aromatic carbocycles. The number of likely N-dealkylation sites (N-methyl/N-ethyl adjacent to an activating group) is 1. The first-order chi connectivity index (χ1) is 4.63. The highest BCUT2D eigenvalue weighted by molar-refractivity contribution is 5.79. The predicted molar refractivity (Wildman–Crippen MR) is 34.6 cm³/mol. The Labute approximate surface area is 57.8 Å². The highest BCUT2D eigenvalue weighted by Crippen LogP contribution is 2.15. The summed E-state index contributed by atoms with van der Waals surface area (Å²) >= 11 is 0. The standard InChI is InChI=1S/C6H7FN2O/c1-4-5(7)3-8-6(10)9(4)2/h3H,1H2,2H3,(H,8,10). The monoisotopic (exact) mass is 142 g/mol. The van der Waals surface area contributed by atoms with Crippen LogP contribution in [0.3, 0.4) is 0 Å². The third kappa shape index (κ3) is 0.877. The summed E-state index contributed by atoms with van der Waals surface area (Å²) in [4.78, 5) is 11.8. The molecule has 0 saturated carbocycles. The molecule has 0 atom stereocenters. The van der Waals surface area contributed by atoms with Crippen LogP contribution < -0.4 is 5.32 Å². The largest absolute Gasteiger partial charge is 0.325 e. The van der Waals surface area contributed by atoms with E-state index in [0.717, 1.165) is 11.1 Å². The van der Waals surface area contributed by atoms with E-state index in [1.807, 2.05) is 0 Å². The molecule has 1 aliphatic rings. The molecule has 1 heterocycles. The lowest BCUT2D eigenvalue weighted by Gasteiger charge is -2.21. The third-order valence-electron chi connectivity index (χ3n) is 1.31. The van der Waals surface area contributed by atoms with Crippen molar-refractivity contribution in [3.05, 3.63) is 24.3 Å². The summed E-state index contributed by atoms with van der Waals surface area (Å²) in [5.74, 6) is -0.512. The van der Waals surface area contributed by atoms with E-state index in [0.29, 0.717) is 0 Å². The Morgan fingerprint density at radius 2 is 2.40 bits per heavy atom. The topological polar surface area (TPSA) is 32.3 Å². The van der Waals surface area contributed by atoms with Gasteiger partial charge in [-0.25, -0.2) is 9.18 Å². The van der Waals surface area contributed by atoms with E-state index in [1.54, 1.807) is 0 Å². The molecule has 1 aliphatic heterocycles. The van der Waals surface area contributed by atoms with E-state index in [4.69, 9.17) is 0 Å². The number of carbonyl (C=O) groups excluding carboxylic acids is 1. The van der Waals surface area contributed by atoms with Gasteiger partial charge >= 0.3 is 6.03 Å². The SMILES string of the molecule is C=C1C(F)=CNC(=O)N1C. The van der Waals surface area contributed by atoms with Crippen LogP contribution >= 0.6 is 0 Å². The van der Waals surface area contributed by atoms with E-state index in [-0.39, 0.29) is 11.7 Å². The van der Waals surface area contributed by atoms with Crippen molar-refractivity contribution in [3.8, 4) is 0 Å². The average molecular weight is 142 g/mol. The Morgan fingerprint density at radius 3 is 2.90 bits per heavy atom. The van der Waals surface area contributed by atoms with Crippen LogP contribution in [0, 0.1) is 0 Å². The second-order valence-electron chi connectivity index (χ2n) is 1.95. The minimum atomic E-state index is -0.512. The van der Waals surface area contributed by atoms with E-state index in [9.17, 15) is 9.18 Å². The van der Waals surface area contributed by atoms with Gasteiger partial charge in [-0.15, -0.1) is 0 Å². The molecule has 1 N–H and O–H groups in total. The zero-order valence-electron chi connectivity index (χ0n) is 5.52. The summed E-state index contributed by atoms with van der Waals surface area (Å²) < 4.78 is 12.5. The molecule has 54 valence electrons. The number of amides is 2. The van der Waals surface area contributed by atoms with Crippen LogP contribution in [0.15, 0.2) is 24.3 Å². The second-order valence-corrected chi connectivity index (χ2v) is 1.95. The molecule has 2 amide bonds. The van der Waals surface area contributed by atoms with Crippen molar-refractivity contribution in [2.75, 3.05) is 7.05 Å². The summed E-state index contributed by atoms with van der Waals surface area (Å²) in [7, 11) is 1.45. The summed E-state index contributed by atoms with van der Waals surface area (Å²) in [5.41, 5.74) is 0.0868. The summed E-state index contributed by atoms with van der Waals surface area (Å²) in [6.45, 7) is 3.35. The third-order valence-corrected chi connectivity index (χ3v) is 1.31. The van der Waals surface area contributed by atoms with Crippen molar-refractivity contribution in [1.82, 2.24) is 10.2 Å². The molecular weight excluding hydrogens is 135 g/mol. The van der Waals surface area contributed by atoms with Crippen molar-refractivity contribution in [2.45, 2.75) is 0 Å². The van der Waals surface area contributed by atoms with Gasteiger partial charge in [-0.1, -0.05) is 6.58 Å². The first kappa shape index (κ1) is 6.80. The maximum atomic E-state index is 12.5. The second kappa shape index (κ2) is 2.13. The van der Waals surface area contributed by atoms with Gasteiger partial charge in [0.1, 0.15) is 0 Å². The number of hydrogen-bond acceptors (Lipinski definition) is 1. The molecule has 0 bridgehead atoms. The van der Waals surface area contributed by atoms with Gasteiger partial charge in [-0.05, 0) is 0 Å². The van der Waals surface area contributed by atoms with Gasteiger partial charge in [0.05, 0.1) is 5.70 Å². The first-order valence-electron chi connectivity index (χ1n) is 2.72. The number of rotatable bonds is 0. The lowest BCUT2D eigenvalue weighted by atomic mass is 10.3. The Morgan fingerprint density at radius 1 is 1.80 bits per heavy atom. The van der Waals surface area contributed by atoms with Gasteiger partial charge in [0.25, 0.3) is 0 Å². The highest BCUT2D eigenvalue weighted by Gasteiger charge is 2.18. The Hall–Kier alpha value is -1.32. The fourth-order valence-electron chi connectivity index (χ4n) is 0.588. The molecule has 0 saturated heterocycles. The average Bonchev–Trinajstić information content (AvgIpc) is 1.93. The van der Waals surface area contributed by atoms with E-state index < -0.39 is 5.83 Å². The van der Waals surface area contributed by atoms with Crippen molar-refractivity contribution < 1.29 is 9.18 Å². The number of nitrogens with zero attached hydrogens (tertiary/aromatic N) is 1. The molecular formula is C6H7FN2O. The van der Waals surface area contributed by atoms with Crippen LogP contribution in [0.1, 0.15) is 0 Å². The molecule has 4 heteroatoms. The summed E-state index contributed by atoms with van der Waals surface area (Å²) in [6.07, 6.45) is 0.991. The van der Waals surface area contributed by atoms with E-state index >= 15 is 0 Å². The predicted octanol–water partition coefficient (Wildman–Crippen LogP) is 0.966. The highest BCUT2D eigenvalue weighted by atomic mass is 19.1. The van der Waals surface area contributed by atoms with Crippen molar-refractivity contribution >= 4 is 6.03 Å². The van der Waals surface area contributed by atoms with Gasteiger partial charge in [-0.3, -0.25) is 4.90 Å². The van der Waals surface area contributed by atoms with Gasteiger partial charge in [-0.2, -0.15) is 0 Å². The maximum absolute atomic E-state index is 12.5. The van der Waals surface area contributed by atoms with Crippen LogP contribution in [0.2, 0.25) is 0 Å². The van der Waals surface area contributed by atoms with E-state index in [1.165, 1.54) is 7.05 Å². The molecule has 0 unspecified atom stereocenters. The van der Waals surface area contributed by atoms with E-state index in [2.05, 4.69) is 11.9 Å². The van der Waals surface area contributed by atoms with Crippen LogP contribution in [0.5, 0.6) is 0 Å². The van der Waals surface area contributed by atoms with Crippen LogP contribution in [-0.4, -0.2) is 18.0 Å². The normalized spacial score (nSPS) is 18.6. The molecule has 0 aromatic heterocycles. The van der Waals surface area contributed by atoms with Crippen LogP contribution in [-0.2, 0) is 0 Å². The summed E-state index contributed by atoms with van der Waals surface area (Å²) in [5, 5.41) is 2.20. The molecule has 1 rings (SSSR count). The Balaban J connectivity index is 2.91. The zero-order chi connectivity index (χ0) is 7.72. The summed E-state index contributed by atoms with van der Waals surface area (Å²) in [6, 6.07) is -0.369. The zero-order valence-corrected chi connectivity index (χ0v) is 5.52. The van der Waals surface area contributed by atoms with Gasteiger partial charge < -0.3 is 5.32 Å². The smallest absolute Gasteiger partial charge is 0.311 e. The van der Waals surface area contributed by atoms with Crippen molar-refractivity contribution in [3.63, 3.8) is 0 Å². The quantitative estimate of drug-likeness (QED) is 0.537. The molecule has 0 radical (unpaired) electrons. The first-order valence-corrected chi connectivity index (χ1v) is 2.72. The number of urea groups is 1. The fraction of sp³-hybridized carbons (Fsp3) is 0.167. The lowest BCUT2D eigenvalue weighted by molar-refractivity contribution is 0.219. The Bertz CT molecular complexity index is 222.